The average molecular weight is 368 g/mol. The Morgan fingerprint density at radius 3 is 2.29 bits per heavy atom. The molecule has 1 aromatic carbocycles. The van der Waals surface area contributed by atoms with E-state index in [2.05, 4.69) is 36.6 Å². The minimum atomic E-state index is -1.23. The Kier molecular flexibility index (Phi) is 4.53. The topological polar surface area (TPSA) is 72.8 Å². The molecule has 0 atom stereocenters. The highest BCUT2D eigenvalue weighted by atomic mass is 79.9. The van der Waals surface area contributed by atoms with Gasteiger partial charge in [-0.2, -0.15) is 0 Å². The maximum absolute atomic E-state index is 11.6. The van der Waals surface area contributed by atoms with Crippen molar-refractivity contribution in [1.82, 2.24) is 0 Å². The normalized spacial score (nSPS) is 9.88. The summed E-state index contributed by atoms with van der Waals surface area (Å²) >= 11 is 6.29. The van der Waals surface area contributed by atoms with E-state index in [4.69, 9.17) is 9.84 Å². The molecule has 0 amide bonds. The molecule has 0 saturated heterocycles. The summed E-state index contributed by atoms with van der Waals surface area (Å²) in [5, 5.41) is 9.03. The maximum Gasteiger partial charge on any atom is 0.340 e. The summed E-state index contributed by atoms with van der Waals surface area (Å²) in [6.07, 6.45) is 0. The number of carbonyl (C=O) groups excluding carboxylic acids is 1. The first-order valence-corrected chi connectivity index (χ1v) is 5.90. The predicted molar refractivity (Wildman–Crippen MR) is 66.7 cm³/mol. The fourth-order valence-corrected chi connectivity index (χ4v) is 2.86. The number of benzene rings is 1. The van der Waals surface area contributed by atoms with Gasteiger partial charge in [0.2, 0.25) is 0 Å². The van der Waals surface area contributed by atoms with Crippen LogP contribution in [0, 0.1) is 0 Å². The summed E-state index contributed by atoms with van der Waals surface area (Å²) in [7, 11) is 2.58. The number of methoxy groups -OCH3 is 2. The molecule has 0 aromatic heterocycles. The highest BCUT2D eigenvalue weighted by molar-refractivity contribution is 9.11. The molecule has 0 radical (unpaired) electrons. The third kappa shape index (κ3) is 2.61. The van der Waals surface area contributed by atoms with Gasteiger partial charge in [0.05, 0.1) is 34.3 Å². The number of carboxylic acids is 1. The zero-order chi connectivity index (χ0) is 13.2. The van der Waals surface area contributed by atoms with Crippen LogP contribution in [-0.2, 0) is 4.74 Å². The summed E-state index contributed by atoms with van der Waals surface area (Å²) < 4.78 is 10.3. The van der Waals surface area contributed by atoms with Gasteiger partial charge in [0, 0.05) is 0 Å². The van der Waals surface area contributed by atoms with Gasteiger partial charge in [0.1, 0.15) is 5.75 Å². The first-order chi connectivity index (χ1) is 7.93. The number of esters is 1. The summed E-state index contributed by atoms with van der Waals surface area (Å²) in [4.78, 5) is 22.6. The van der Waals surface area contributed by atoms with Crippen LogP contribution in [0.15, 0.2) is 15.0 Å². The smallest absolute Gasteiger partial charge is 0.340 e. The zero-order valence-electron chi connectivity index (χ0n) is 8.91. The van der Waals surface area contributed by atoms with Crippen molar-refractivity contribution in [2.75, 3.05) is 14.2 Å². The van der Waals surface area contributed by atoms with Crippen LogP contribution in [0.2, 0.25) is 0 Å². The highest BCUT2D eigenvalue weighted by Crippen LogP contribution is 2.38. The molecule has 0 saturated carbocycles. The Morgan fingerprint density at radius 1 is 1.29 bits per heavy atom. The molecule has 0 fully saturated rings. The number of rotatable bonds is 3. The van der Waals surface area contributed by atoms with E-state index in [1.165, 1.54) is 20.3 Å². The van der Waals surface area contributed by atoms with Gasteiger partial charge in [0.15, 0.2) is 0 Å². The van der Waals surface area contributed by atoms with E-state index in [9.17, 15) is 9.59 Å². The Bertz CT molecular complexity index is 484. The van der Waals surface area contributed by atoms with Crippen LogP contribution in [0.3, 0.4) is 0 Å². The quantitative estimate of drug-likeness (QED) is 0.831. The van der Waals surface area contributed by atoms with Crippen molar-refractivity contribution in [1.29, 1.82) is 0 Å². The molecule has 0 spiro atoms. The third-order valence-corrected chi connectivity index (χ3v) is 3.35. The van der Waals surface area contributed by atoms with Crippen LogP contribution >= 0.6 is 31.9 Å². The fourth-order valence-electron chi connectivity index (χ4n) is 1.26. The molecule has 1 N–H and O–H groups in total. The predicted octanol–water partition coefficient (Wildman–Crippen LogP) is 2.71. The van der Waals surface area contributed by atoms with E-state index < -0.39 is 11.9 Å². The lowest BCUT2D eigenvalue weighted by atomic mass is 10.1. The Labute approximate surface area is 114 Å². The van der Waals surface area contributed by atoms with Crippen molar-refractivity contribution in [2.45, 2.75) is 0 Å². The van der Waals surface area contributed by atoms with Crippen LogP contribution in [-0.4, -0.2) is 31.3 Å². The number of carboxylic acid groups (broad SMARTS) is 1. The second-order valence-electron chi connectivity index (χ2n) is 2.92. The van der Waals surface area contributed by atoms with E-state index in [0.29, 0.717) is 10.2 Å². The number of hydrogen-bond donors (Lipinski definition) is 1. The third-order valence-electron chi connectivity index (χ3n) is 2.00. The number of aromatic carboxylic acids is 1. The minimum Gasteiger partial charge on any atom is -0.494 e. The average Bonchev–Trinajstić information content (AvgIpc) is 2.27. The molecular formula is C10H8Br2O5. The molecule has 92 valence electrons. The second-order valence-corrected chi connectivity index (χ2v) is 4.57. The standard InChI is InChI=1S/C10H8Br2O5/c1-16-8-5(11)3-4(9(13)14)6(7(8)12)10(15)17-2/h3H,1-2H3,(H,13,14). The van der Waals surface area contributed by atoms with Crippen LogP contribution in [0.5, 0.6) is 5.75 Å². The molecule has 5 nitrogen and oxygen atoms in total. The summed E-state index contributed by atoms with van der Waals surface area (Å²) in [6.45, 7) is 0. The van der Waals surface area contributed by atoms with Crippen molar-refractivity contribution < 1.29 is 24.2 Å². The zero-order valence-corrected chi connectivity index (χ0v) is 12.1. The van der Waals surface area contributed by atoms with Gasteiger partial charge >= 0.3 is 11.9 Å². The van der Waals surface area contributed by atoms with Crippen LogP contribution in [0.25, 0.3) is 0 Å². The van der Waals surface area contributed by atoms with Crippen LogP contribution < -0.4 is 4.74 Å². The van der Waals surface area contributed by atoms with Crippen molar-refractivity contribution in [2.24, 2.45) is 0 Å². The molecule has 0 unspecified atom stereocenters. The van der Waals surface area contributed by atoms with Crippen LogP contribution in [0.1, 0.15) is 20.7 Å². The molecule has 17 heavy (non-hydrogen) atoms. The molecule has 0 aliphatic heterocycles. The second kappa shape index (κ2) is 5.50. The first kappa shape index (κ1) is 14.0. The minimum absolute atomic E-state index is 0.0833. The molecule has 1 rings (SSSR count). The van der Waals surface area contributed by atoms with Gasteiger partial charge in [-0.15, -0.1) is 0 Å². The van der Waals surface area contributed by atoms with Gasteiger partial charge in [0.25, 0.3) is 0 Å². The summed E-state index contributed by atoms with van der Waals surface area (Å²) in [5.41, 5.74) is -0.253. The molecule has 0 heterocycles. The van der Waals surface area contributed by atoms with Crippen molar-refractivity contribution >= 4 is 43.8 Å². The van der Waals surface area contributed by atoms with E-state index in [-0.39, 0.29) is 15.6 Å². The monoisotopic (exact) mass is 366 g/mol. The van der Waals surface area contributed by atoms with Crippen molar-refractivity contribution in [3.63, 3.8) is 0 Å². The summed E-state index contributed by atoms with van der Waals surface area (Å²) in [5.74, 6) is -1.65. The molecule has 7 heteroatoms. The van der Waals surface area contributed by atoms with Gasteiger partial charge in [-0.1, -0.05) is 0 Å². The number of carbonyl (C=O) groups is 2. The Balaban J connectivity index is 3.62. The Hall–Kier alpha value is -1.08. The van der Waals surface area contributed by atoms with E-state index in [1.807, 2.05) is 0 Å². The molecule has 0 aliphatic carbocycles. The number of hydrogen-bond acceptors (Lipinski definition) is 4. The number of halogens is 2. The molecule has 0 aliphatic rings. The summed E-state index contributed by atoms with van der Waals surface area (Å²) in [6, 6.07) is 1.29. The lowest BCUT2D eigenvalue weighted by Gasteiger charge is -2.12. The lowest BCUT2D eigenvalue weighted by molar-refractivity contribution is 0.0581. The SMILES string of the molecule is COC(=O)c1c(C(=O)O)cc(Br)c(OC)c1Br. The van der Waals surface area contributed by atoms with E-state index in [1.54, 1.807) is 0 Å². The Morgan fingerprint density at radius 2 is 1.88 bits per heavy atom. The van der Waals surface area contributed by atoms with Gasteiger partial charge < -0.3 is 14.6 Å². The number of ether oxygens (including phenoxy) is 2. The van der Waals surface area contributed by atoms with E-state index >= 15 is 0 Å². The van der Waals surface area contributed by atoms with Crippen LogP contribution in [0.4, 0.5) is 0 Å². The lowest BCUT2D eigenvalue weighted by Crippen LogP contribution is -2.12. The largest absolute Gasteiger partial charge is 0.494 e. The van der Waals surface area contributed by atoms with Gasteiger partial charge in [-0.25, -0.2) is 9.59 Å². The highest BCUT2D eigenvalue weighted by Gasteiger charge is 2.25. The fraction of sp³-hybridized carbons (Fsp3) is 0.200. The molecular weight excluding hydrogens is 360 g/mol. The van der Waals surface area contributed by atoms with Crippen molar-refractivity contribution in [3.05, 3.63) is 26.1 Å². The molecule has 1 aromatic rings. The van der Waals surface area contributed by atoms with Gasteiger partial charge in [-0.05, 0) is 37.9 Å². The first-order valence-electron chi connectivity index (χ1n) is 4.31. The van der Waals surface area contributed by atoms with Crippen molar-refractivity contribution in [3.8, 4) is 5.75 Å². The maximum atomic E-state index is 11.6. The molecule has 0 bridgehead atoms. The van der Waals surface area contributed by atoms with E-state index in [0.717, 1.165) is 0 Å². The van der Waals surface area contributed by atoms with Gasteiger partial charge in [-0.3, -0.25) is 0 Å².